The van der Waals surface area contributed by atoms with Crippen molar-refractivity contribution < 1.29 is 4.39 Å². The minimum atomic E-state index is -0.870. The molecule has 1 unspecified atom stereocenters. The van der Waals surface area contributed by atoms with Crippen LogP contribution in [0.25, 0.3) is 0 Å². The molecule has 0 aromatic heterocycles. The van der Waals surface area contributed by atoms with E-state index in [2.05, 4.69) is 5.32 Å². The van der Waals surface area contributed by atoms with E-state index >= 15 is 0 Å². The Morgan fingerprint density at radius 1 is 1.33 bits per heavy atom. The van der Waals surface area contributed by atoms with E-state index in [9.17, 15) is 4.39 Å². The molecule has 0 radical (unpaired) electrons. The number of rotatable bonds is 2. The molecule has 1 heterocycles. The lowest BCUT2D eigenvalue weighted by molar-refractivity contribution is 0.190. The van der Waals surface area contributed by atoms with Gasteiger partial charge < -0.3 is 5.32 Å². The number of hydrogen-bond acceptors (Lipinski definition) is 1. The van der Waals surface area contributed by atoms with E-state index in [1.54, 1.807) is 12.1 Å². The fourth-order valence-electron chi connectivity index (χ4n) is 2.09. The molecule has 1 aliphatic heterocycles. The molecule has 0 spiro atoms. The number of alkyl halides is 1. The van der Waals surface area contributed by atoms with Crippen molar-refractivity contribution in [2.24, 2.45) is 5.92 Å². The average molecular weight is 228 g/mol. The van der Waals surface area contributed by atoms with Crippen molar-refractivity contribution >= 4 is 11.6 Å². The van der Waals surface area contributed by atoms with Gasteiger partial charge in [0.05, 0.1) is 0 Å². The first-order valence-corrected chi connectivity index (χ1v) is 5.75. The highest BCUT2D eigenvalue weighted by molar-refractivity contribution is 6.30. The molecule has 0 amide bonds. The number of halogens is 2. The predicted molar refractivity (Wildman–Crippen MR) is 60.9 cm³/mol. The summed E-state index contributed by atoms with van der Waals surface area (Å²) < 4.78 is 14.1. The van der Waals surface area contributed by atoms with Gasteiger partial charge in [-0.3, -0.25) is 0 Å². The van der Waals surface area contributed by atoms with Crippen LogP contribution >= 0.6 is 11.6 Å². The third-order valence-corrected chi connectivity index (χ3v) is 3.20. The molecule has 82 valence electrons. The van der Waals surface area contributed by atoms with Crippen LogP contribution in [0.15, 0.2) is 24.3 Å². The maximum atomic E-state index is 14.1. The zero-order chi connectivity index (χ0) is 10.7. The molecule has 0 saturated carbocycles. The monoisotopic (exact) mass is 227 g/mol. The van der Waals surface area contributed by atoms with Gasteiger partial charge in [0.25, 0.3) is 0 Å². The van der Waals surface area contributed by atoms with Gasteiger partial charge in [-0.2, -0.15) is 0 Å². The molecule has 3 heteroatoms. The van der Waals surface area contributed by atoms with Gasteiger partial charge >= 0.3 is 0 Å². The van der Waals surface area contributed by atoms with Crippen LogP contribution in [0.3, 0.4) is 0 Å². The zero-order valence-corrected chi connectivity index (χ0v) is 9.30. The number of nitrogens with one attached hydrogen (secondary N) is 1. The highest BCUT2D eigenvalue weighted by atomic mass is 35.5. The number of benzene rings is 1. The van der Waals surface area contributed by atoms with Crippen LogP contribution in [0.1, 0.15) is 24.6 Å². The second-order valence-corrected chi connectivity index (χ2v) is 4.48. The Hall–Kier alpha value is -0.600. The molecular weight excluding hydrogens is 213 g/mol. The lowest BCUT2D eigenvalue weighted by Gasteiger charge is -2.25. The normalized spacial score (nSPS) is 20.1. The van der Waals surface area contributed by atoms with Crippen LogP contribution in [0.5, 0.6) is 0 Å². The van der Waals surface area contributed by atoms with Crippen molar-refractivity contribution in [2.75, 3.05) is 13.1 Å². The molecule has 1 atom stereocenters. The highest BCUT2D eigenvalue weighted by Crippen LogP contribution is 2.33. The summed E-state index contributed by atoms with van der Waals surface area (Å²) in [6, 6.07) is 7.14. The molecule has 1 aromatic rings. The summed E-state index contributed by atoms with van der Waals surface area (Å²) in [4.78, 5) is 0. The molecule has 0 bridgehead atoms. The summed E-state index contributed by atoms with van der Waals surface area (Å²) in [6.45, 7) is 1.84. The summed E-state index contributed by atoms with van der Waals surface area (Å²) in [5.74, 6) is 0.143. The Morgan fingerprint density at radius 2 is 2.07 bits per heavy atom. The van der Waals surface area contributed by atoms with Crippen LogP contribution in [-0.2, 0) is 0 Å². The van der Waals surface area contributed by atoms with E-state index in [-0.39, 0.29) is 5.92 Å². The SMILES string of the molecule is FC(c1cccc(Cl)c1)C1CCNCC1. The van der Waals surface area contributed by atoms with Gasteiger partial charge in [-0.05, 0) is 49.5 Å². The quantitative estimate of drug-likeness (QED) is 0.817. The minimum Gasteiger partial charge on any atom is -0.317 e. The molecule has 2 rings (SSSR count). The molecule has 1 saturated heterocycles. The van der Waals surface area contributed by atoms with Crippen LogP contribution < -0.4 is 5.32 Å². The molecule has 1 N–H and O–H groups in total. The maximum absolute atomic E-state index is 14.1. The van der Waals surface area contributed by atoms with Gasteiger partial charge in [-0.1, -0.05) is 23.7 Å². The predicted octanol–water partition coefficient (Wildman–Crippen LogP) is 3.35. The highest BCUT2D eigenvalue weighted by Gasteiger charge is 2.24. The van der Waals surface area contributed by atoms with Crippen LogP contribution in [0.2, 0.25) is 5.02 Å². The Labute approximate surface area is 94.6 Å². The third kappa shape index (κ3) is 2.70. The summed E-state index contributed by atoms with van der Waals surface area (Å²) in [5, 5.41) is 3.85. The van der Waals surface area contributed by atoms with E-state index < -0.39 is 6.17 Å². The Balaban J connectivity index is 2.08. The van der Waals surface area contributed by atoms with Gasteiger partial charge in [0.2, 0.25) is 0 Å². The van der Waals surface area contributed by atoms with E-state index in [0.717, 1.165) is 31.5 Å². The van der Waals surface area contributed by atoms with Gasteiger partial charge in [0, 0.05) is 5.02 Å². The van der Waals surface area contributed by atoms with Crippen molar-refractivity contribution in [1.82, 2.24) is 5.32 Å². The van der Waals surface area contributed by atoms with E-state index in [1.807, 2.05) is 12.1 Å². The first-order chi connectivity index (χ1) is 7.27. The van der Waals surface area contributed by atoms with Crippen molar-refractivity contribution in [3.8, 4) is 0 Å². The van der Waals surface area contributed by atoms with Crippen LogP contribution in [0, 0.1) is 5.92 Å². The van der Waals surface area contributed by atoms with Gasteiger partial charge in [0.1, 0.15) is 6.17 Å². The van der Waals surface area contributed by atoms with Crippen molar-refractivity contribution in [2.45, 2.75) is 19.0 Å². The van der Waals surface area contributed by atoms with Crippen LogP contribution in [0.4, 0.5) is 4.39 Å². The van der Waals surface area contributed by atoms with E-state index in [4.69, 9.17) is 11.6 Å². The van der Waals surface area contributed by atoms with Crippen molar-refractivity contribution in [3.05, 3.63) is 34.9 Å². The standard InChI is InChI=1S/C12H15ClFN/c13-11-3-1-2-10(8-11)12(14)9-4-6-15-7-5-9/h1-3,8-9,12,15H,4-7H2. The Bertz CT molecular complexity index is 323. The second kappa shape index (κ2) is 4.95. The summed E-state index contributed by atoms with van der Waals surface area (Å²) in [5.41, 5.74) is 0.717. The summed E-state index contributed by atoms with van der Waals surface area (Å²) in [7, 11) is 0. The van der Waals surface area contributed by atoms with Gasteiger partial charge in [-0.25, -0.2) is 4.39 Å². The van der Waals surface area contributed by atoms with E-state index in [0.29, 0.717) is 5.02 Å². The maximum Gasteiger partial charge on any atom is 0.128 e. The van der Waals surface area contributed by atoms with Crippen molar-refractivity contribution in [3.63, 3.8) is 0 Å². The third-order valence-electron chi connectivity index (χ3n) is 2.96. The van der Waals surface area contributed by atoms with Gasteiger partial charge in [0.15, 0.2) is 0 Å². The van der Waals surface area contributed by atoms with Crippen LogP contribution in [-0.4, -0.2) is 13.1 Å². The van der Waals surface area contributed by atoms with Gasteiger partial charge in [-0.15, -0.1) is 0 Å². The summed E-state index contributed by atoms with van der Waals surface area (Å²) >= 11 is 5.85. The molecular formula is C12H15ClFN. The molecule has 1 nitrogen and oxygen atoms in total. The first kappa shape index (κ1) is 10.9. The largest absolute Gasteiger partial charge is 0.317 e. The Morgan fingerprint density at radius 3 is 2.73 bits per heavy atom. The number of piperidine rings is 1. The Kier molecular flexibility index (Phi) is 3.60. The fourth-order valence-corrected chi connectivity index (χ4v) is 2.29. The molecule has 15 heavy (non-hydrogen) atoms. The molecule has 1 aliphatic rings. The second-order valence-electron chi connectivity index (χ2n) is 4.04. The topological polar surface area (TPSA) is 12.0 Å². The lowest BCUT2D eigenvalue weighted by Crippen LogP contribution is -2.29. The molecule has 1 fully saturated rings. The first-order valence-electron chi connectivity index (χ1n) is 5.37. The zero-order valence-electron chi connectivity index (χ0n) is 8.55. The summed E-state index contributed by atoms with van der Waals surface area (Å²) in [6.07, 6.45) is 0.951. The smallest absolute Gasteiger partial charge is 0.128 e. The molecule has 1 aromatic carbocycles. The van der Waals surface area contributed by atoms with Crippen molar-refractivity contribution in [1.29, 1.82) is 0 Å². The fraction of sp³-hybridized carbons (Fsp3) is 0.500. The average Bonchev–Trinajstić information content (AvgIpc) is 2.29. The lowest BCUT2D eigenvalue weighted by atomic mass is 9.89. The number of hydrogen-bond donors (Lipinski definition) is 1. The molecule has 0 aliphatic carbocycles. The van der Waals surface area contributed by atoms with E-state index in [1.165, 1.54) is 0 Å². The minimum absolute atomic E-state index is 0.143.